The summed E-state index contributed by atoms with van der Waals surface area (Å²) in [5.74, 6) is 0.941. The van der Waals surface area contributed by atoms with Gasteiger partial charge in [-0.15, -0.1) is 0 Å². The highest BCUT2D eigenvalue weighted by Gasteiger charge is 2.29. The first-order valence-corrected chi connectivity index (χ1v) is 12.8. The molecule has 7 heteroatoms. The number of benzene rings is 1. The summed E-state index contributed by atoms with van der Waals surface area (Å²) in [5, 5.41) is 3.16. The van der Waals surface area contributed by atoms with Gasteiger partial charge in [-0.1, -0.05) is 25.3 Å². The van der Waals surface area contributed by atoms with Gasteiger partial charge in [0, 0.05) is 37.8 Å². The van der Waals surface area contributed by atoms with Crippen LogP contribution >= 0.6 is 0 Å². The molecule has 1 aromatic carbocycles. The lowest BCUT2D eigenvalue weighted by molar-refractivity contribution is 0.0901. The summed E-state index contributed by atoms with van der Waals surface area (Å²) in [6.45, 7) is 3.81. The average molecular weight is 420 g/mol. The van der Waals surface area contributed by atoms with E-state index in [0.717, 1.165) is 31.8 Å². The second-order valence-electron chi connectivity index (χ2n) is 8.84. The van der Waals surface area contributed by atoms with Gasteiger partial charge >= 0.3 is 0 Å². The zero-order valence-electron chi connectivity index (χ0n) is 17.2. The predicted octanol–water partition coefficient (Wildman–Crippen LogP) is 3.00. The minimum Gasteiger partial charge on any atom is -0.349 e. The standard InChI is InChI=1S/C22H33N3O3S/c26-22(19-8-4-9-21(16-19)25-12-5-15-29(25,27)28)23-20-10-13-24(14-11-20)17-18-6-2-1-3-7-18/h4,8-9,16,18,20H,1-3,5-7,10-15,17H2,(H,23,26). The van der Waals surface area contributed by atoms with Gasteiger partial charge < -0.3 is 10.2 Å². The first kappa shape index (κ1) is 20.7. The molecule has 1 amide bonds. The van der Waals surface area contributed by atoms with E-state index < -0.39 is 10.0 Å². The lowest BCUT2D eigenvalue weighted by atomic mass is 9.88. The quantitative estimate of drug-likeness (QED) is 0.797. The third-order valence-corrected chi connectivity index (χ3v) is 8.53. The van der Waals surface area contributed by atoms with Crippen molar-refractivity contribution >= 4 is 21.6 Å². The molecule has 3 fully saturated rings. The summed E-state index contributed by atoms with van der Waals surface area (Å²) in [7, 11) is -3.23. The Labute approximate surface area is 174 Å². The summed E-state index contributed by atoms with van der Waals surface area (Å²) >= 11 is 0. The zero-order chi connectivity index (χ0) is 20.3. The number of amides is 1. The van der Waals surface area contributed by atoms with Gasteiger partial charge in [-0.3, -0.25) is 9.10 Å². The molecule has 0 unspecified atom stereocenters. The van der Waals surface area contributed by atoms with Crippen molar-refractivity contribution in [1.82, 2.24) is 10.2 Å². The van der Waals surface area contributed by atoms with Gasteiger partial charge in [-0.2, -0.15) is 0 Å². The van der Waals surface area contributed by atoms with Gasteiger partial charge in [0.25, 0.3) is 5.91 Å². The van der Waals surface area contributed by atoms with Crippen LogP contribution in [0.2, 0.25) is 0 Å². The lowest BCUT2D eigenvalue weighted by Gasteiger charge is -2.35. The highest BCUT2D eigenvalue weighted by molar-refractivity contribution is 7.93. The highest BCUT2D eigenvalue weighted by atomic mass is 32.2. The molecule has 1 aliphatic carbocycles. The van der Waals surface area contributed by atoms with Crippen LogP contribution in [-0.4, -0.2) is 57.2 Å². The maximum absolute atomic E-state index is 12.7. The first-order chi connectivity index (χ1) is 14.0. The van der Waals surface area contributed by atoms with Crippen molar-refractivity contribution in [2.45, 2.75) is 57.4 Å². The van der Waals surface area contributed by atoms with Crippen LogP contribution < -0.4 is 9.62 Å². The Kier molecular flexibility index (Phi) is 6.44. The summed E-state index contributed by atoms with van der Waals surface area (Å²) in [5.41, 5.74) is 1.13. The highest BCUT2D eigenvalue weighted by Crippen LogP contribution is 2.26. The van der Waals surface area contributed by atoms with Gasteiger partial charge in [0.05, 0.1) is 11.4 Å². The number of nitrogens with zero attached hydrogens (tertiary/aromatic N) is 2. The normalized spacial score (nSPS) is 23.9. The molecule has 0 spiro atoms. The molecular weight excluding hydrogens is 386 g/mol. The zero-order valence-corrected chi connectivity index (χ0v) is 18.0. The number of anilines is 1. The number of hydrogen-bond donors (Lipinski definition) is 1. The lowest BCUT2D eigenvalue weighted by Crippen LogP contribution is -2.46. The van der Waals surface area contributed by atoms with Crippen molar-refractivity contribution in [3.05, 3.63) is 29.8 Å². The minimum atomic E-state index is -3.23. The van der Waals surface area contributed by atoms with Crippen LogP contribution in [0.25, 0.3) is 0 Å². The molecular formula is C22H33N3O3S. The summed E-state index contributed by atoms with van der Waals surface area (Å²) in [4.78, 5) is 15.3. The average Bonchev–Trinajstić information content (AvgIpc) is 3.09. The van der Waals surface area contributed by atoms with E-state index >= 15 is 0 Å². The number of hydrogen-bond acceptors (Lipinski definition) is 4. The molecule has 1 N–H and O–H groups in total. The molecule has 0 bridgehead atoms. The minimum absolute atomic E-state index is 0.103. The Hall–Kier alpha value is -1.60. The maximum atomic E-state index is 12.7. The van der Waals surface area contributed by atoms with Crippen LogP contribution in [-0.2, 0) is 10.0 Å². The molecule has 6 nitrogen and oxygen atoms in total. The molecule has 3 aliphatic rings. The number of likely N-dealkylation sites (tertiary alicyclic amines) is 1. The van der Waals surface area contributed by atoms with Gasteiger partial charge in [-0.05, 0) is 56.2 Å². The van der Waals surface area contributed by atoms with E-state index in [2.05, 4.69) is 10.2 Å². The number of sulfonamides is 1. The molecule has 29 heavy (non-hydrogen) atoms. The van der Waals surface area contributed by atoms with Crippen molar-refractivity contribution in [3.63, 3.8) is 0 Å². The van der Waals surface area contributed by atoms with Crippen LogP contribution in [0.4, 0.5) is 5.69 Å². The molecule has 1 aromatic rings. The van der Waals surface area contributed by atoms with Crippen molar-refractivity contribution < 1.29 is 13.2 Å². The number of piperidine rings is 1. The van der Waals surface area contributed by atoms with Crippen LogP contribution in [0.5, 0.6) is 0 Å². The monoisotopic (exact) mass is 419 g/mol. The molecule has 160 valence electrons. The van der Waals surface area contributed by atoms with Gasteiger partial charge in [0.2, 0.25) is 10.0 Å². The van der Waals surface area contributed by atoms with E-state index in [4.69, 9.17) is 0 Å². The van der Waals surface area contributed by atoms with Gasteiger partial charge in [0.1, 0.15) is 0 Å². The van der Waals surface area contributed by atoms with Crippen LogP contribution in [0.15, 0.2) is 24.3 Å². The molecule has 0 aromatic heterocycles. The molecule has 2 aliphatic heterocycles. The predicted molar refractivity (Wildman–Crippen MR) is 116 cm³/mol. The Morgan fingerprint density at radius 3 is 2.45 bits per heavy atom. The molecule has 2 saturated heterocycles. The van der Waals surface area contributed by atoms with Crippen molar-refractivity contribution in [2.75, 3.05) is 36.2 Å². The number of carbonyl (C=O) groups excluding carboxylic acids is 1. The fourth-order valence-corrected chi connectivity index (χ4v) is 6.55. The van der Waals surface area contributed by atoms with E-state index in [1.807, 2.05) is 0 Å². The number of carbonyl (C=O) groups is 1. The van der Waals surface area contributed by atoms with E-state index in [1.165, 1.54) is 43.0 Å². The molecule has 0 atom stereocenters. The Balaban J connectivity index is 1.29. The van der Waals surface area contributed by atoms with E-state index in [0.29, 0.717) is 24.2 Å². The molecule has 1 saturated carbocycles. The second kappa shape index (κ2) is 9.04. The molecule has 2 heterocycles. The van der Waals surface area contributed by atoms with Crippen molar-refractivity contribution in [1.29, 1.82) is 0 Å². The maximum Gasteiger partial charge on any atom is 0.251 e. The topological polar surface area (TPSA) is 69.7 Å². The van der Waals surface area contributed by atoms with Crippen LogP contribution in [0, 0.1) is 5.92 Å². The Morgan fingerprint density at radius 1 is 1.00 bits per heavy atom. The fourth-order valence-electron chi connectivity index (χ4n) is 5.00. The van der Waals surface area contributed by atoms with Crippen LogP contribution in [0.3, 0.4) is 0 Å². The van der Waals surface area contributed by atoms with Crippen LogP contribution in [0.1, 0.15) is 61.7 Å². The van der Waals surface area contributed by atoms with Gasteiger partial charge in [-0.25, -0.2) is 8.42 Å². The first-order valence-electron chi connectivity index (χ1n) is 11.1. The summed E-state index contributed by atoms with van der Waals surface area (Å²) < 4.78 is 25.7. The van der Waals surface area contributed by atoms with Gasteiger partial charge in [0.15, 0.2) is 0 Å². The Morgan fingerprint density at radius 2 is 1.76 bits per heavy atom. The summed E-state index contributed by atoms with van der Waals surface area (Å²) in [6.07, 6.45) is 9.52. The fraction of sp³-hybridized carbons (Fsp3) is 0.682. The molecule has 4 rings (SSSR count). The molecule has 0 radical (unpaired) electrons. The van der Waals surface area contributed by atoms with E-state index in [9.17, 15) is 13.2 Å². The third kappa shape index (κ3) is 5.12. The largest absolute Gasteiger partial charge is 0.349 e. The van der Waals surface area contributed by atoms with E-state index in [1.54, 1.807) is 24.3 Å². The Bertz CT molecular complexity index is 812. The van der Waals surface area contributed by atoms with E-state index in [-0.39, 0.29) is 17.7 Å². The van der Waals surface area contributed by atoms with Crippen molar-refractivity contribution in [3.8, 4) is 0 Å². The number of nitrogens with one attached hydrogen (secondary N) is 1. The second-order valence-corrected chi connectivity index (χ2v) is 10.9. The number of rotatable bonds is 5. The van der Waals surface area contributed by atoms with Crippen molar-refractivity contribution in [2.24, 2.45) is 5.92 Å². The summed E-state index contributed by atoms with van der Waals surface area (Å²) in [6, 6.07) is 7.20. The third-order valence-electron chi connectivity index (χ3n) is 6.66. The smallest absolute Gasteiger partial charge is 0.251 e. The SMILES string of the molecule is O=C(NC1CCN(CC2CCCCC2)CC1)c1cccc(N2CCCS2(=O)=O)c1.